The molecule has 1 fully saturated rings. The van der Waals surface area contributed by atoms with Crippen LogP contribution in [-0.2, 0) is 0 Å². The minimum Gasteiger partial charge on any atom is -0.348 e. The Kier molecular flexibility index (Phi) is 4.24. The highest BCUT2D eigenvalue weighted by Crippen LogP contribution is 2.16. The van der Waals surface area contributed by atoms with Crippen LogP contribution in [0.4, 0.5) is 0 Å². The molecule has 1 aromatic carbocycles. The van der Waals surface area contributed by atoms with E-state index in [0.29, 0.717) is 5.69 Å². The SMILES string of the molecule is C=C(C)CN1CCC(NC(=O)c2n[nH]c3ccccc23)CC1. The maximum absolute atomic E-state index is 12.4. The highest BCUT2D eigenvalue weighted by molar-refractivity contribution is 6.04. The summed E-state index contributed by atoms with van der Waals surface area (Å²) in [6, 6.07) is 7.92. The topological polar surface area (TPSA) is 61.0 Å². The molecule has 3 rings (SSSR count). The van der Waals surface area contributed by atoms with E-state index in [9.17, 15) is 4.79 Å². The van der Waals surface area contributed by atoms with Crippen molar-refractivity contribution >= 4 is 16.8 Å². The van der Waals surface area contributed by atoms with Gasteiger partial charge in [-0.3, -0.25) is 14.8 Å². The molecule has 2 aromatic rings. The maximum atomic E-state index is 12.4. The molecule has 1 aliphatic heterocycles. The summed E-state index contributed by atoms with van der Waals surface area (Å²) >= 11 is 0. The van der Waals surface area contributed by atoms with Crippen molar-refractivity contribution in [3.8, 4) is 0 Å². The second kappa shape index (κ2) is 6.32. The largest absolute Gasteiger partial charge is 0.348 e. The summed E-state index contributed by atoms with van der Waals surface area (Å²) in [6.07, 6.45) is 1.95. The van der Waals surface area contributed by atoms with E-state index in [-0.39, 0.29) is 11.9 Å². The highest BCUT2D eigenvalue weighted by Gasteiger charge is 2.22. The van der Waals surface area contributed by atoms with Gasteiger partial charge in [-0.25, -0.2) is 0 Å². The van der Waals surface area contributed by atoms with Gasteiger partial charge >= 0.3 is 0 Å². The lowest BCUT2D eigenvalue weighted by atomic mass is 10.0. The first-order valence-electron chi connectivity index (χ1n) is 7.74. The number of carbonyl (C=O) groups is 1. The molecule has 22 heavy (non-hydrogen) atoms. The zero-order chi connectivity index (χ0) is 15.5. The predicted octanol–water partition coefficient (Wildman–Crippen LogP) is 2.33. The third-order valence-electron chi connectivity index (χ3n) is 4.10. The molecule has 5 nitrogen and oxygen atoms in total. The van der Waals surface area contributed by atoms with Gasteiger partial charge < -0.3 is 5.32 Å². The fourth-order valence-corrected chi connectivity index (χ4v) is 3.01. The number of fused-ring (bicyclic) bond motifs is 1. The second-order valence-corrected chi connectivity index (χ2v) is 6.10. The van der Waals surface area contributed by atoms with Crippen LogP contribution in [0, 0.1) is 0 Å². The van der Waals surface area contributed by atoms with Crippen molar-refractivity contribution in [1.82, 2.24) is 20.4 Å². The number of nitrogens with zero attached hydrogens (tertiary/aromatic N) is 2. The second-order valence-electron chi connectivity index (χ2n) is 6.10. The highest BCUT2D eigenvalue weighted by atomic mass is 16.2. The van der Waals surface area contributed by atoms with Crippen molar-refractivity contribution in [3.05, 3.63) is 42.1 Å². The van der Waals surface area contributed by atoms with Crippen LogP contribution in [0.5, 0.6) is 0 Å². The summed E-state index contributed by atoms with van der Waals surface area (Å²) in [6.45, 7) is 8.96. The van der Waals surface area contributed by atoms with Crippen molar-refractivity contribution in [2.75, 3.05) is 19.6 Å². The lowest BCUT2D eigenvalue weighted by molar-refractivity contribution is 0.0910. The number of aromatic nitrogens is 2. The number of nitrogens with one attached hydrogen (secondary N) is 2. The lowest BCUT2D eigenvalue weighted by Gasteiger charge is -2.32. The Morgan fingerprint density at radius 2 is 2.14 bits per heavy atom. The van der Waals surface area contributed by atoms with Crippen LogP contribution < -0.4 is 5.32 Å². The van der Waals surface area contributed by atoms with E-state index in [1.807, 2.05) is 24.3 Å². The van der Waals surface area contributed by atoms with E-state index in [4.69, 9.17) is 0 Å². The van der Waals surface area contributed by atoms with E-state index < -0.39 is 0 Å². The molecular weight excluding hydrogens is 276 g/mol. The smallest absolute Gasteiger partial charge is 0.272 e. The Hall–Kier alpha value is -2.14. The van der Waals surface area contributed by atoms with Gasteiger partial charge in [0.2, 0.25) is 0 Å². The first-order valence-corrected chi connectivity index (χ1v) is 7.74. The Bertz CT molecular complexity index is 683. The number of rotatable bonds is 4. The molecule has 2 heterocycles. The number of aromatic amines is 1. The molecule has 116 valence electrons. The molecule has 0 saturated carbocycles. The van der Waals surface area contributed by atoms with Crippen LogP contribution in [0.25, 0.3) is 10.9 Å². The zero-order valence-corrected chi connectivity index (χ0v) is 12.9. The van der Waals surface area contributed by atoms with E-state index in [1.165, 1.54) is 5.57 Å². The van der Waals surface area contributed by atoms with E-state index in [2.05, 4.69) is 33.9 Å². The normalized spacial score (nSPS) is 16.8. The van der Waals surface area contributed by atoms with Gasteiger partial charge in [-0.05, 0) is 25.8 Å². The number of amides is 1. The number of H-pyrrole nitrogens is 1. The summed E-state index contributed by atoms with van der Waals surface area (Å²) in [5.41, 5.74) is 2.56. The van der Waals surface area contributed by atoms with Gasteiger partial charge in [0.1, 0.15) is 0 Å². The molecule has 1 aliphatic rings. The lowest BCUT2D eigenvalue weighted by Crippen LogP contribution is -2.45. The minimum atomic E-state index is -0.0872. The Labute approximate surface area is 130 Å². The quantitative estimate of drug-likeness (QED) is 0.852. The summed E-state index contributed by atoms with van der Waals surface area (Å²) in [5, 5.41) is 11.1. The van der Waals surface area contributed by atoms with E-state index in [1.54, 1.807) is 0 Å². The van der Waals surface area contributed by atoms with Crippen molar-refractivity contribution in [2.45, 2.75) is 25.8 Å². The fraction of sp³-hybridized carbons (Fsp3) is 0.412. The molecule has 1 saturated heterocycles. The molecule has 0 aliphatic carbocycles. The average Bonchev–Trinajstić information content (AvgIpc) is 2.93. The van der Waals surface area contributed by atoms with Crippen LogP contribution in [0.2, 0.25) is 0 Å². The Morgan fingerprint density at radius 3 is 2.86 bits per heavy atom. The number of hydrogen-bond acceptors (Lipinski definition) is 3. The number of carbonyl (C=O) groups excluding carboxylic acids is 1. The van der Waals surface area contributed by atoms with E-state index in [0.717, 1.165) is 43.4 Å². The van der Waals surface area contributed by atoms with Crippen molar-refractivity contribution < 1.29 is 4.79 Å². The van der Waals surface area contributed by atoms with Crippen LogP contribution >= 0.6 is 0 Å². The first-order chi connectivity index (χ1) is 10.6. The number of likely N-dealkylation sites (tertiary alicyclic amines) is 1. The zero-order valence-electron chi connectivity index (χ0n) is 12.9. The van der Waals surface area contributed by atoms with E-state index >= 15 is 0 Å². The number of piperidine rings is 1. The molecule has 0 unspecified atom stereocenters. The van der Waals surface area contributed by atoms with Crippen molar-refractivity contribution in [3.63, 3.8) is 0 Å². The predicted molar refractivity (Wildman–Crippen MR) is 87.8 cm³/mol. The summed E-state index contributed by atoms with van der Waals surface area (Å²) in [7, 11) is 0. The summed E-state index contributed by atoms with van der Waals surface area (Å²) < 4.78 is 0. The summed E-state index contributed by atoms with van der Waals surface area (Å²) in [5.74, 6) is -0.0872. The number of benzene rings is 1. The van der Waals surface area contributed by atoms with Gasteiger partial charge in [-0.2, -0.15) is 5.10 Å². The molecule has 0 radical (unpaired) electrons. The Balaban J connectivity index is 1.60. The third kappa shape index (κ3) is 3.20. The molecule has 2 N–H and O–H groups in total. The molecular formula is C17H22N4O. The van der Waals surface area contributed by atoms with Crippen LogP contribution in [0.15, 0.2) is 36.4 Å². The third-order valence-corrected chi connectivity index (χ3v) is 4.10. The van der Waals surface area contributed by atoms with Gasteiger partial charge in [0.15, 0.2) is 5.69 Å². The summed E-state index contributed by atoms with van der Waals surface area (Å²) in [4.78, 5) is 14.8. The average molecular weight is 298 g/mol. The van der Waals surface area contributed by atoms with Crippen LogP contribution in [-0.4, -0.2) is 46.7 Å². The van der Waals surface area contributed by atoms with Gasteiger partial charge in [0.25, 0.3) is 5.91 Å². The Morgan fingerprint density at radius 1 is 1.41 bits per heavy atom. The fourth-order valence-electron chi connectivity index (χ4n) is 3.01. The number of hydrogen-bond donors (Lipinski definition) is 2. The molecule has 5 heteroatoms. The van der Waals surface area contributed by atoms with Gasteiger partial charge in [0.05, 0.1) is 5.52 Å². The minimum absolute atomic E-state index is 0.0872. The maximum Gasteiger partial charge on any atom is 0.272 e. The van der Waals surface area contributed by atoms with Crippen molar-refractivity contribution in [1.29, 1.82) is 0 Å². The molecule has 0 atom stereocenters. The molecule has 0 bridgehead atoms. The van der Waals surface area contributed by atoms with Gasteiger partial charge in [-0.15, -0.1) is 0 Å². The monoisotopic (exact) mass is 298 g/mol. The molecule has 1 amide bonds. The van der Waals surface area contributed by atoms with Gasteiger partial charge in [0, 0.05) is 31.1 Å². The van der Waals surface area contributed by atoms with Crippen molar-refractivity contribution in [2.24, 2.45) is 0 Å². The van der Waals surface area contributed by atoms with Crippen LogP contribution in [0.3, 0.4) is 0 Å². The molecule has 0 spiro atoms. The standard InChI is InChI=1S/C17H22N4O/c1-12(2)11-21-9-7-13(8-10-21)18-17(22)16-14-5-3-4-6-15(14)19-20-16/h3-6,13H,1,7-11H2,2H3,(H,18,22)(H,19,20). The first kappa shape index (κ1) is 14.8. The molecule has 1 aromatic heterocycles. The van der Waals surface area contributed by atoms with Gasteiger partial charge in [-0.1, -0.05) is 30.4 Å². The number of para-hydroxylation sites is 1. The van der Waals surface area contributed by atoms with Crippen LogP contribution in [0.1, 0.15) is 30.3 Å².